The predicted octanol–water partition coefficient (Wildman–Crippen LogP) is 2.28. The predicted molar refractivity (Wildman–Crippen MR) is 112 cm³/mol. The molecule has 0 atom stereocenters. The molecule has 3 rings (SSSR count). The minimum absolute atomic E-state index is 0.0450. The fourth-order valence-corrected chi connectivity index (χ4v) is 4.92. The molecule has 0 unspecified atom stereocenters. The molecule has 2 aromatic rings. The summed E-state index contributed by atoms with van der Waals surface area (Å²) in [6.07, 6.45) is 1.17. The second kappa shape index (κ2) is 8.19. The largest absolute Gasteiger partial charge is 0.419 e. The highest BCUT2D eigenvalue weighted by Gasteiger charge is 2.32. The number of oxazole rings is 1. The van der Waals surface area contributed by atoms with Crippen LogP contribution in [0.2, 0.25) is 0 Å². The number of carbonyl (C=O) groups excluding carboxylic acids is 1. The van der Waals surface area contributed by atoms with Crippen LogP contribution in [0.5, 0.6) is 0 Å². The van der Waals surface area contributed by atoms with Crippen molar-refractivity contribution in [3.05, 3.63) is 28.7 Å². The van der Waals surface area contributed by atoms with E-state index >= 15 is 0 Å². The lowest BCUT2D eigenvalue weighted by Gasteiger charge is -2.36. The number of hydrogen-bond acceptors (Lipinski definition) is 5. The summed E-state index contributed by atoms with van der Waals surface area (Å²) in [5, 5.41) is 2.37. The topological polar surface area (TPSA) is 105 Å². The number of rotatable bonds is 5. The number of nitrogens with one attached hydrogen (secondary N) is 1. The Hall–Kier alpha value is -2.33. The summed E-state index contributed by atoms with van der Waals surface area (Å²) in [5.41, 5.74) is 1.64. The lowest BCUT2D eigenvalue weighted by atomic mass is 10.1. The van der Waals surface area contributed by atoms with Crippen LogP contribution in [0, 0.1) is 0 Å². The van der Waals surface area contributed by atoms with Gasteiger partial charge in [0.2, 0.25) is 10.0 Å². The summed E-state index contributed by atoms with van der Waals surface area (Å²) in [6.45, 7) is 6.53. The number of anilines is 1. The van der Waals surface area contributed by atoms with Crippen molar-refractivity contribution >= 4 is 32.8 Å². The fraction of sp³-hybridized carbons (Fsp3) is 0.579. The second-order valence-corrected chi connectivity index (χ2v) is 10.0. The maximum Gasteiger partial charge on any atom is 0.419 e. The van der Waals surface area contributed by atoms with E-state index in [1.54, 1.807) is 44.0 Å². The van der Waals surface area contributed by atoms with Crippen molar-refractivity contribution in [1.82, 2.24) is 13.8 Å². The molecule has 0 radical (unpaired) electrons. The molecule has 0 spiro atoms. The average molecular weight is 425 g/mol. The summed E-state index contributed by atoms with van der Waals surface area (Å²) >= 11 is 0. The SMILES string of the molecule is CCn1c(=O)oc2cc(NC(=O)N(C)C3CCN(S(=O)(=O)C(C)C)CC3)ccc21. The number of urea groups is 1. The van der Waals surface area contributed by atoms with Crippen LogP contribution in [0.3, 0.4) is 0 Å². The Morgan fingerprint density at radius 3 is 2.55 bits per heavy atom. The van der Waals surface area contributed by atoms with Crippen LogP contribution in [0.4, 0.5) is 10.5 Å². The molecule has 1 aliphatic heterocycles. The Morgan fingerprint density at radius 2 is 1.97 bits per heavy atom. The van der Waals surface area contributed by atoms with Gasteiger partial charge in [-0.3, -0.25) is 4.57 Å². The van der Waals surface area contributed by atoms with Gasteiger partial charge in [-0.25, -0.2) is 22.3 Å². The third-order valence-electron chi connectivity index (χ3n) is 5.48. The maximum absolute atomic E-state index is 12.6. The lowest BCUT2D eigenvalue weighted by Crippen LogP contribution is -2.49. The zero-order valence-corrected chi connectivity index (χ0v) is 18.0. The molecule has 2 amide bonds. The van der Waals surface area contributed by atoms with E-state index in [9.17, 15) is 18.0 Å². The minimum Gasteiger partial charge on any atom is -0.408 e. The first-order valence-electron chi connectivity index (χ1n) is 9.81. The van der Waals surface area contributed by atoms with Crippen molar-refractivity contribution < 1.29 is 17.6 Å². The van der Waals surface area contributed by atoms with Crippen LogP contribution in [0.1, 0.15) is 33.6 Å². The molecule has 29 heavy (non-hydrogen) atoms. The van der Waals surface area contributed by atoms with Gasteiger partial charge in [0, 0.05) is 44.5 Å². The highest BCUT2D eigenvalue weighted by molar-refractivity contribution is 7.89. The number of sulfonamides is 1. The number of aryl methyl sites for hydroxylation is 1. The van der Waals surface area contributed by atoms with Crippen LogP contribution in [-0.4, -0.2) is 59.7 Å². The van der Waals surface area contributed by atoms with Crippen LogP contribution < -0.4 is 11.1 Å². The molecular formula is C19H28N4O5S. The van der Waals surface area contributed by atoms with Gasteiger partial charge >= 0.3 is 11.8 Å². The smallest absolute Gasteiger partial charge is 0.408 e. The van der Waals surface area contributed by atoms with E-state index < -0.39 is 21.0 Å². The number of amides is 2. The normalized spacial score (nSPS) is 16.4. The van der Waals surface area contributed by atoms with Crippen LogP contribution in [0.25, 0.3) is 11.1 Å². The van der Waals surface area contributed by atoms with E-state index in [4.69, 9.17) is 4.42 Å². The molecule has 1 aliphatic rings. The number of hydrogen-bond donors (Lipinski definition) is 1. The average Bonchev–Trinajstić information content (AvgIpc) is 3.01. The molecule has 1 N–H and O–H groups in total. The number of fused-ring (bicyclic) bond motifs is 1. The molecule has 9 nitrogen and oxygen atoms in total. The Balaban J connectivity index is 1.64. The van der Waals surface area contributed by atoms with Crippen molar-refractivity contribution in [2.75, 3.05) is 25.5 Å². The van der Waals surface area contributed by atoms with Gasteiger partial charge in [-0.05, 0) is 45.7 Å². The summed E-state index contributed by atoms with van der Waals surface area (Å²) in [7, 11) is -1.56. The second-order valence-electron chi connectivity index (χ2n) is 7.56. The van der Waals surface area contributed by atoms with Crippen LogP contribution in [-0.2, 0) is 16.6 Å². The minimum atomic E-state index is -3.27. The van der Waals surface area contributed by atoms with E-state index in [1.807, 2.05) is 6.92 Å². The number of aromatic nitrogens is 1. The Bertz CT molecular complexity index is 1050. The molecular weight excluding hydrogens is 396 g/mol. The monoisotopic (exact) mass is 424 g/mol. The van der Waals surface area contributed by atoms with Crippen molar-refractivity contribution in [3.63, 3.8) is 0 Å². The van der Waals surface area contributed by atoms with E-state index in [0.29, 0.717) is 49.3 Å². The molecule has 0 aliphatic carbocycles. The standard InChI is InChI=1S/C19H28N4O5S/c1-5-23-16-7-6-14(12-17(16)28-19(23)25)20-18(24)21(4)15-8-10-22(11-9-15)29(26,27)13(2)3/h6-7,12-13,15H,5,8-11H2,1-4H3,(H,20,24). The first-order chi connectivity index (χ1) is 13.6. The number of piperidine rings is 1. The van der Waals surface area contributed by atoms with Gasteiger partial charge in [0.1, 0.15) is 0 Å². The Labute approximate surface area is 170 Å². The highest BCUT2D eigenvalue weighted by Crippen LogP contribution is 2.22. The van der Waals surface area contributed by atoms with E-state index in [2.05, 4.69) is 5.32 Å². The first kappa shape index (κ1) is 21.4. The molecule has 2 heterocycles. The van der Waals surface area contributed by atoms with Crippen LogP contribution >= 0.6 is 0 Å². The third-order valence-corrected chi connectivity index (χ3v) is 7.76. The van der Waals surface area contributed by atoms with Gasteiger partial charge in [-0.2, -0.15) is 0 Å². The quantitative estimate of drug-likeness (QED) is 0.793. The number of nitrogens with zero attached hydrogens (tertiary/aromatic N) is 3. The molecule has 1 aromatic heterocycles. The lowest BCUT2D eigenvalue weighted by molar-refractivity contribution is 0.173. The first-order valence-corrected chi connectivity index (χ1v) is 11.3. The molecule has 1 aromatic carbocycles. The fourth-order valence-electron chi connectivity index (χ4n) is 3.60. The van der Waals surface area contributed by atoms with Gasteiger partial charge in [0.15, 0.2) is 5.58 Å². The van der Waals surface area contributed by atoms with Gasteiger partial charge in [0.05, 0.1) is 10.8 Å². The summed E-state index contributed by atoms with van der Waals surface area (Å²) in [5.74, 6) is -0.425. The summed E-state index contributed by atoms with van der Waals surface area (Å²) in [4.78, 5) is 26.1. The van der Waals surface area contributed by atoms with Crippen molar-refractivity contribution in [2.24, 2.45) is 0 Å². The molecule has 1 saturated heterocycles. The molecule has 10 heteroatoms. The molecule has 1 fully saturated rings. The highest BCUT2D eigenvalue weighted by atomic mass is 32.2. The van der Waals surface area contributed by atoms with E-state index in [1.165, 1.54) is 8.87 Å². The summed E-state index contributed by atoms with van der Waals surface area (Å²) in [6, 6.07) is 4.77. The van der Waals surface area contributed by atoms with Crippen molar-refractivity contribution in [2.45, 2.75) is 51.4 Å². The van der Waals surface area contributed by atoms with E-state index in [0.717, 1.165) is 0 Å². The summed E-state index contributed by atoms with van der Waals surface area (Å²) < 4.78 is 32.8. The number of benzene rings is 1. The number of carbonyl (C=O) groups is 1. The maximum atomic E-state index is 12.6. The van der Waals surface area contributed by atoms with Gasteiger partial charge in [-0.1, -0.05) is 0 Å². The van der Waals surface area contributed by atoms with Gasteiger partial charge in [0.25, 0.3) is 0 Å². The Kier molecular flexibility index (Phi) is 6.04. The van der Waals surface area contributed by atoms with Gasteiger partial charge in [-0.15, -0.1) is 0 Å². The molecule has 0 bridgehead atoms. The molecule has 160 valence electrons. The zero-order valence-electron chi connectivity index (χ0n) is 17.2. The van der Waals surface area contributed by atoms with Crippen molar-refractivity contribution in [3.8, 4) is 0 Å². The van der Waals surface area contributed by atoms with Crippen molar-refractivity contribution in [1.29, 1.82) is 0 Å². The van der Waals surface area contributed by atoms with Gasteiger partial charge < -0.3 is 14.6 Å². The zero-order chi connectivity index (χ0) is 21.3. The Morgan fingerprint density at radius 1 is 1.31 bits per heavy atom. The third kappa shape index (κ3) is 4.18. The van der Waals surface area contributed by atoms with E-state index in [-0.39, 0.29) is 12.1 Å². The molecule has 0 saturated carbocycles. The van der Waals surface area contributed by atoms with Crippen LogP contribution in [0.15, 0.2) is 27.4 Å².